The Hall–Kier alpha value is -2.27. The number of aromatic amines is 1. The minimum Gasteiger partial charge on any atom is -0.385 e. The number of rotatable bonds is 6. The molecule has 0 bridgehead atoms. The molecule has 23 heavy (non-hydrogen) atoms. The van der Waals surface area contributed by atoms with Crippen molar-refractivity contribution < 1.29 is 8.42 Å². The van der Waals surface area contributed by atoms with Crippen molar-refractivity contribution in [3.05, 3.63) is 60.3 Å². The summed E-state index contributed by atoms with van der Waals surface area (Å²) >= 11 is 0. The molecule has 4 nitrogen and oxygen atoms in total. The van der Waals surface area contributed by atoms with Gasteiger partial charge in [-0.25, -0.2) is 8.42 Å². The lowest BCUT2D eigenvalue weighted by atomic mass is 10.1. The van der Waals surface area contributed by atoms with Gasteiger partial charge in [0.05, 0.1) is 10.6 Å². The van der Waals surface area contributed by atoms with Crippen molar-refractivity contribution in [2.75, 3.05) is 17.6 Å². The van der Waals surface area contributed by atoms with Gasteiger partial charge in [-0.05, 0) is 42.3 Å². The number of aromatic nitrogens is 1. The van der Waals surface area contributed by atoms with Crippen LogP contribution in [0.15, 0.2) is 59.6 Å². The monoisotopic (exact) mass is 328 g/mol. The Balaban J connectivity index is 1.63. The molecule has 0 aliphatic rings. The number of hydrogen-bond acceptors (Lipinski definition) is 3. The maximum atomic E-state index is 11.8. The van der Waals surface area contributed by atoms with E-state index in [4.69, 9.17) is 0 Å². The van der Waals surface area contributed by atoms with Crippen LogP contribution in [0, 0.1) is 0 Å². The van der Waals surface area contributed by atoms with Gasteiger partial charge in [0.1, 0.15) is 0 Å². The zero-order valence-electron chi connectivity index (χ0n) is 13.0. The number of sulfone groups is 1. The summed E-state index contributed by atoms with van der Waals surface area (Å²) in [4.78, 5) is 3.65. The minimum atomic E-state index is -3.13. The zero-order valence-corrected chi connectivity index (χ0v) is 13.9. The van der Waals surface area contributed by atoms with Gasteiger partial charge >= 0.3 is 0 Å². The van der Waals surface area contributed by atoms with Crippen LogP contribution >= 0.6 is 0 Å². The van der Waals surface area contributed by atoms with Crippen molar-refractivity contribution >= 4 is 26.4 Å². The van der Waals surface area contributed by atoms with E-state index in [1.807, 2.05) is 30.5 Å². The first kappa shape index (κ1) is 15.6. The molecule has 0 atom stereocenters. The van der Waals surface area contributed by atoms with Crippen LogP contribution in [0.2, 0.25) is 0 Å². The fourth-order valence-corrected chi connectivity index (χ4v) is 3.51. The lowest BCUT2D eigenvalue weighted by molar-refractivity contribution is 0.597. The summed E-state index contributed by atoms with van der Waals surface area (Å²) in [6.07, 6.45) is 2.95. The standard InChI is InChI=1S/C18H20N2O2S/c1-2-23(21,22)16-9-7-15(8-10-16)19-12-11-14-13-20-18-6-4-3-5-17(14)18/h3-10,13,19-20H,2,11-12H2,1H3. The normalized spacial score (nSPS) is 11.7. The fourth-order valence-electron chi connectivity index (χ4n) is 2.63. The van der Waals surface area contributed by atoms with Crippen molar-refractivity contribution in [2.45, 2.75) is 18.2 Å². The number of para-hydroxylation sites is 1. The van der Waals surface area contributed by atoms with E-state index in [-0.39, 0.29) is 5.75 Å². The summed E-state index contributed by atoms with van der Waals surface area (Å²) in [6, 6.07) is 15.2. The van der Waals surface area contributed by atoms with E-state index >= 15 is 0 Å². The predicted molar refractivity (Wildman–Crippen MR) is 94.7 cm³/mol. The molecule has 0 aliphatic heterocycles. The van der Waals surface area contributed by atoms with Crippen LogP contribution in [0.5, 0.6) is 0 Å². The number of benzene rings is 2. The third kappa shape index (κ3) is 3.40. The van der Waals surface area contributed by atoms with Crippen LogP contribution in [0.3, 0.4) is 0 Å². The summed E-state index contributed by atoms with van der Waals surface area (Å²) in [6.45, 7) is 2.45. The summed E-state index contributed by atoms with van der Waals surface area (Å²) in [5.74, 6) is 0.125. The van der Waals surface area contributed by atoms with Gasteiger partial charge in [0.2, 0.25) is 0 Å². The Morgan fingerprint density at radius 3 is 2.52 bits per heavy atom. The van der Waals surface area contributed by atoms with Gasteiger partial charge in [0.25, 0.3) is 0 Å². The van der Waals surface area contributed by atoms with Gasteiger partial charge in [-0.1, -0.05) is 25.1 Å². The topological polar surface area (TPSA) is 62.0 Å². The Morgan fingerprint density at radius 1 is 1.04 bits per heavy atom. The summed E-state index contributed by atoms with van der Waals surface area (Å²) in [7, 11) is -3.13. The highest BCUT2D eigenvalue weighted by molar-refractivity contribution is 7.91. The quantitative estimate of drug-likeness (QED) is 0.726. The summed E-state index contributed by atoms with van der Waals surface area (Å²) in [5.41, 5.74) is 3.36. The van der Waals surface area contributed by atoms with Crippen LogP contribution in [-0.2, 0) is 16.3 Å². The van der Waals surface area contributed by atoms with E-state index in [9.17, 15) is 8.42 Å². The molecule has 0 unspecified atom stereocenters. The third-order valence-electron chi connectivity index (χ3n) is 3.99. The fraction of sp³-hybridized carbons (Fsp3) is 0.222. The molecule has 0 radical (unpaired) electrons. The second kappa shape index (κ2) is 6.46. The number of nitrogens with one attached hydrogen (secondary N) is 2. The van der Waals surface area contributed by atoms with Gasteiger partial charge < -0.3 is 10.3 Å². The Morgan fingerprint density at radius 2 is 1.78 bits per heavy atom. The van der Waals surface area contributed by atoms with Crippen LogP contribution < -0.4 is 5.32 Å². The summed E-state index contributed by atoms with van der Waals surface area (Å²) in [5, 5.41) is 4.58. The van der Waals surface area contributed by atoms with E-state index in [1.165, 1.54) is 10.9 Å². The van der Waals surface area contributed by atoms with Crippen LogP contribution in [0.4, 0.5) is 5.69 Å². The summed E-state index contributed by atoms with van der Waals surface area (Å²) < 4.78 is 23.6. The molecule has 3 aromatic rings. The first-order valence-corrected chi connectivity index (χ1v) is 9.37. The molecule has 1 heterocycles. The number of H-pyrrole nitrogens is 1. The molecule has 2 aromatic carbocycles. The maximum absolute atomic E-state index is 11.8. The molecule has 120 valence electrons. The number of hydrogen-bond donors (Lipinski definition) is 2. The molecule has 3 rings (SSSR count). The van der Waals surface area contributed by atoms with Crippen molar-refractivity contribution in [1.82, 2.24) is 4.98 Å². The molecule has 0 fully saturated rings. The lowest BCUT2D eigenvalue weighted by Gasteiger charge is -2.07. The lowest BCUT2D eigenvalue weighted by Crippen LogP contribution is -2.06. The van der Waals surface area contributed by atoms with Crippen molar-refractivity contribution in [2.24, 2.45) is 0 Å². The highest BCUT2D eigenvalue weighted by Crippen LogP contribution is 2.19. The number of fused-ring (bicyclic) bond motifs is 1. The Bertz CT molecular complexity index is 896. The van der Waals surface area contributed by atoms with E-state index in [0.717, 1.165) is 24.2 Å². The third-order valence-corrected chi connectivity index (χ3v) is 5.74. The van der Waals surface area contributed by atoms with E-state index < -0.39 is 9.84 Å². The molecule has 2 N–H and O–H groups in total. The van der Waals surface area contributed by atoms with Crippen LogP contribution in [0.25, 0.3) is 10.9 Å². The molecule has 0 spiro atoms. The smallest absolute Gasteiger partial charge is 0.178 e. The van der Waals surface area contributed by atoms with E-state index in [2.05, 4.69) is 22.4 Å². The molecule has 0 aliphatic carbocycles. The molecule has 0 saturated heterocycles. The SMILES string of the molecule is CCS(=O)(=O)c1ccc(NCCc2c[nH]c3ccccc23)cc1. The highest BCUT2D eigenvalue weighted by atomic mass is 32.2. The van der Waals surface area contributed by atoms with Crippen molar-refractivity contribution in [3.8, 4) is 0 Å². The second-order valence-electron chi connectivity index (χ2n) is 5.46. The molecule has 0 saturated carbocycles. The van der Waals surface area contributed by atoms with Gasteiger partial charge in [0.15, 0.2) is 9.84 Å². The molecule has 5 heteroatoms. The molecule has 0 amide bonds. The van der Waals surface area contributed by atoms with Gasteiger partial charge in [-0.2, -0.15) is 0 Å². The zero-order chi connectivity index (χ0) is 16.3. The largest absolute Gasteiger partial charge is 0.385 e. The first-order valence-electron chi connectivity index (χ1n) is 7.72. The Kier molecular flexibility index (Phi) is 4.39. The molecular weight excluding hydrogens is 308 g/mol. The van der Waals surface area contributed by atoms with Gasteiger partial charge in [0, 0.05) is 29.3 Å². The van der Waals surface area contributed by atoms with E-state index in [1.54, 1.807) is 19.1 Å². The average molecular weight is 328 g/mol. The van der Waals surface area contributed by atoms with Crippen molar-refractivity contribution in [3.63, 3.8) is 0 Å². The second-order valence-corrected chi connectivity index (χ2v) is 7.74. The molecular formula is C18H20N2O2S. The van der Waals surface area contributed by atoms with Gasteiger partial charge in [-0.3, -0.25) is 0 Å². The van der Waals surface area contributed by atoms with Gasteiger partial charge in [-0.15, -0.1) is 0 Å². The predicted octanol–water partition coefficient (Wildman–Crippen LogP) is 3.62. The van der Waals surface area contributed by atoms with Crippen LogP contribution in [-0.4, -0.2) is 25.7 Å². The first-order chi connectivity index (χ1) is 11.1. The maximum Gasteiger partial charge on any atom is 0.178 e. The Labute approximate surface area is 136 Å². The molecule has 1 aromatic heterocycles. The number of anilines is 1. The highest BCUT2D eigenvalue weighted by Gasteiger charge is 2.10. The average Bonchev–Trinajstić information content (AvgIpc) is 2.99. The minimum absolute atomic E-state index is 0.125. The van der Waals surface area contributed by atoms with Crippen LogP contribution in [0.1, 0.15) is 12.5 Å². The van der Waals surface area contributed by atoms with Crippen molar-refractivity contribution in [1.29, 1.82) is 0 Å². The van der Waals surface area contributed by atoms with E-state index in [0.29, 0.717) is 4.90 Å².